The third kappa shape index (κ3) is 3.93. The van der Waals surface area contributed by atoms with E-state index in [1.54, 1.807) is 0 Å². The first-order valence-electron chi connectivity index (χ1n) is 13.0. The average Bonchev–Trinajstić information content (AvgIpc) is 3.33. The lowest BCUT2D eigenvalue weighted by molar-refractivity contribution is 1.16. The quantitative estimate of drug-likeness (QED) is 0.190. The zero-order chi connectivity index (χ0) is 26.2. The Morgan fingerprint density at radius 1 is 0.410 bits per heavy atom. The number of fused-ring (bicyclic) bond motifs is 3. The summed E-state index contributed by atoms with van der Waals surface area (Å²) < 4.78 is 3.47. The van der Waals surface area contributed by atoms with E-state index in [4.69, 9.17) is 0 Å². The fourth-order valence-corrected chi connectivity index (χ4v) is 9.95. The molecule has 0 saturated carbocycles. The van der Waals surface area contributed by atoms with Crippen LogP contribution in [0.5, 0.6) is 0 Å². The Labute approximate surface area is 238 Å². The zero-order valence-electron chi connectivity index (χ0n) is 21.2. The molecule has 0 aliphatic rings. The summed E-state index contributed by atoms with van der Waals surface area (Å²) in [5, 5.41) is 2.51. The number of hydrogen-bond acceptors (Lipinski definition) is 0. The number of halogens is 1. The average molecular weight is 585 g/mol. The summed E-state index contributed by atoms with van der Waals surface area (Å²) in [5.41, 5.74) is 3.58. The predicted octanol–water partition coefficient (Wildman–Crippen LogP) is 10.9. The molecule has 7 rings (SSSR count). The Morgan fingerprint density at radius 2 is 0.872 bits per heavy atom. The van der Waals surface area contributed by atoms with E-state index in [9.17, 15) is 0 Å². The Morgan fingerprint density at radius 3 is 1.44 bits per heavy atom. The lowest BCUT2D eigenvalue weighted by atomic mass is 10.2. The molecule has 0 amide bonds. The van der Waals surface area contributed by atoms with E-state index in [1.165, 1.54) is 41.4 Å². The van der Waals surface area contributed by atoms with Crippen molar-refractivity contribution in [1.82, 2.24) is 4.57 Å². The summed E-state index contributed by atoms with van der Waals surface area (Å²) >= 11 is 3.68. The largest absolute Gasteiger partial charge is 0.309 e. The van der Waals surface area contributed by atoms with E-state index < -0.39 is 10.0 Å². The van der Waals surface area contributed by atoms with Crippen LogP contribution in [0.15, 0.2) is 182 Å². The molecule has 0 N–H and O–H groups in total. The van der Waals surface area contributed by atoms with Crippen molar-refractivity contribution < 1.29 is 0 Å². The standard InChI is InChI=1S/C36H26BrNS/c37-27-20-25-36-34(26-27)33-18-10-11-19-35(33)38(36)28-21-23-32(24-22-28)39(29-12-4-1-5-13-29,30-14-6-2-7-15-30)31-16-8-3-9-17-31/h1-26H. The molecule has 188 valence electrons. The molecule has 7 aromatic rings. The molecular weight excluding hydrogens is 558 g/mol. The van der Waals surface area contributed by atoms with E-state index in [-0.39, 0.29) is 0 Å². The van der Waals surface area contributed by atoms with Gasteiger partial charge in [-0.15, -0.1) is 10.0 Å². The Balaban J connectivity index is 1.49. The first-order valence-corrected chi connectivity index (χ1v) is 15.5. The van der Waals surface area contributed by atoms with Crippen LogP contribution >= 0.6 is 26.0 Å². The van der Waals surface area contributed by atoms with Crippen molar-refractivity contribution in [2.75, 3.05) is 0 Å². The van der Waals surface area contributed by atoms with Gasteiger partial charge in [-0.25, -0.2) is 0 Å². The maximum absolute atomic E-state index is 3.68. The van der Waals surface area contributed by atoms with Gasteiger partial charge >= 0.3 is 0 Å². The second kappa shape index (κ2) is 9.92. The number of nitrogens with zero attached hydrogens (tertiary/aromatic N) is 1. The number of para-hydroxylation sites is 1. The van der Waals surface area contributed by atoms with E-state index in [0.29, 0.717) is 0 Å². The van der Waals surface area contributed by atoms with Gasteiger partial charge in [0.25, 0.3) is 0 Å². The van der Waals surface area contributed by atoms with Crippen LogP contribution in [0, 0.1) is 0 Å². The Bertz CT molecular complexity index is 1800. The van der Waals surface area contributed by atoms with E-state index in [2.05, 4.69) is 178 Å². The molecule has 0 fully saturated rings. The lowest BCUT2D eigenvalue weighted by Gasteiger charge is -2.42. The van der Waals surface area contributed by atoms with Gasteiger partial charge in [-0.3, -0.25) is 0 Å². The summed E-state index contributed by atoms with van der Waals surface area (Å²) in [6.07, 6.45) is 0. The van der Waals surface area contributed by atoms with Crippen LogP contribution in [-0.4, -0.2) is 4.57 Å². The Hall–Kier alpha value is -4.05. The van der Waals surface area contributed by atoms with Crippen molar-refractivity contribution in [3.05, 3.63) is 162 Å². The molecule has 3 heteroatoms. The monoisotopic (exact) mass is 583 g/mol. The summed E-state index contributed by atoms with van der Waals surface area (Å²) in [6, 6.07) is 57.5. The molecule has 0 bridgehead atoms. The van der Waals surface area contributed by atoms with Crippen LogP contribution in [0.1, 0.15) is 0 Å². The smallest absolute Gasteiger partial charge is 0.0541 e. The molecule has 0 atom stereocenters. The molecule has 1 heterocycles. The lowest BCUT2D eigenvalue weighted by Crippen LogP contribution is -2.05. The molecule has 6 aromatic carbocycles. The fraction of sp³-hybridized carbons (Fsp3) is 0. The fourth-order valence-electron chi connectivity index (χ4n) is 5.71. The van der Waals surface area contributed by atoms with Crippen LogP contribution in [0.25, 0.3) is 27.5 Å². The van der Waals surface area contributed by atoms with Gasteiger partial charge in [-0.1, -0.05) is 88.7 Å². The minimum Gasteiger partial charge on any atom is -0.309 e. The van der Waals surface area contributed by atoms with Crippen molar-refractivity contribution in [1.29, 1.82) is 0 Å². The maximum atomic E-state index is 3.68. The van der Waals surface area contributed by atoms with E-state index >= 15 is 0 Å². The van der Waals surface area contributed by atoms with Gasteiger partial charge < -0.3 is 4.57 Å². The molecule has 0 spiro atoms. The van der Waals surface area contributed by atoms with Crippen molar-refractivity contribution in [2.45, 2.75) is 19.6 Å². The highest BCUT2D eigenvalue weighted by Gasteiger charge is 2.33. The molecule has 0 unspecified atom stereocenters. The second-order valence-electron chi connectivity index (χ2n) is 9.56. The van der Waals surface area contributed by atoms with Gasteiger partial charge in [0.05, 0.1) is 11.0 Å². The molecule has 0 saturated heterocycles. The Kier molecular flexibility index (Phi) is 6.11. The van der Waals surface area contributed by atoms with Gasteiger partial charge in [-0.2, -0.15) is 0 Å². The number of hydrogen-bond donors (Lipinski definition) is 0. The first kappa shape index (κ1) is 24.0. The van der Waals surface area contributed by atoms with Gasteiger partial charge in [0.2, 0.25) is 0 Å². The van der Waals surface area contributed by atoms with Crippen LogP contribution in [0.2, 0.25) is 0 Å². The van der Waals surface area contributed by atoms with E-state index in [1.807, 2.05) is 0 Å². The molecule has 1 nitrogen and oxygen atoms in total. The third-order valence-electron chi connectivity index (χ3n) is 7.37. The molecular formula is C36H26BrNS. The number of aromatic nitrogens is 1. The summed E-state index contributed by atoms with van der Waals surface area (Å²) in [7, 11) is -1.70. The summed E-state index contributed by atoms with van der Waals surface area (Å²) in [4.78, 5) is 5.31. The maximum Gasteiger partial charge on any atom is 0.0541 e. The molecule has 0 radical (unpaired) electrons. The highest BCUT2D eigenvalue weighted by molar-refractivity contribution is 9.10. The topological polar surface area (TPSA) is 4.93 Å². The van der Waals surface area contributed by atoms with Gasteiger partial charge in [0.1, 0.15) is 0 Å². The van der Waals surface area contributed by atoms with Crippen LogP contribution in [0.4, 0.5) is 0 Å². The zero-order valence-corrected chi connectivity index (χ0v) is 23.6. The van der Waals surface area contributed by atoms with Gasteiger partial charge in [-0.05, 0) is 84.9 Å². The summed E-state index contributed by atoms with van der Waals surface area (Å²) in [6.45, 7) is 0. The predicted molar refractivity (Wildman–Crippen MR) is 168 cm³/mol. The molecule has 39 heavy (non-hydrogen) atoms. The molecule has 0 aliphatic heterocycles. The normalized spacial score (nSPS) is 12.1. The highest BCUT2D eigenvalue weighted by atomic mass is 79.9. The second-order valence-corrected chi connectivity index (χ2v) is 13.6. The van der Waals surface area contributed by atoms with Crippen LogP contribution < -0.4 is 0 Å². The number of benzene rings is 6. The van der Waals surface area contributed by atoms with Crippen molar-refractivity contribution in [3.63, 3.8) is 0 Å². The van der Waals surface area contributed by atoms with Crippen LogP contribution in [0.3, 0.4) is 0 Å². The first-order chi connectivity index (χ1) is 19.3. The number of rotatable bonds is 5. The summed E-state index contributed by atoms with van der Waals surface area (Å²) in [5.74, 6) is 0. The van der Waals surface area contributed by atoms with Crippen LogP contribution in [-0.2, 0) is 0 Å². The van der Waals surface area contributed by atoms with Crippen molar-refractivity contribution in [2.24, 2.45) is 0 Å². The van der Waals surface area contributed by atoms with Gasteiger partial charge in [0.15, 0.2) is 0 Å². The highest BCUT2D eigenvalue weighted by Crippen LogP contribution is 2.73. The minimum atomic E-state index is -1.70. The molecule has 1 aromatic heterocycles. The SMILES string of the molecule is Brc1ccc2c(c1)c1ccccc1n2-c1ccc(S(c2ccccc2)(c2ccccc2)c2ccccc2)cc1. The van der Waals surface area contributed by atoms with Crippen molar-refractivity contribution >= 4 is 47.8 Å². The van der Waals surface area contributed by atoms with Gasteiger partial charge in [0, 0.05) is 40.5 Å². The van der Waals surface area contributed by atoms with Crippen molar-refractivity contribution in [3.8, 4) is 5.69 Å². The third-order valence-corrected chi connectivity index (χ3v) is 11.8. The minimum absolute atomic E-state index is 1.09. The molecule has 0 aliphatic carbocycles. The van der Waals surface area contributed by atoms with E-state index in [0.717, 1.165) is 10.2 Å².